The van der Waals surface area contributed by atoms with Gasteiger partial charge < -0.3 is 11.1 Å². The Kier molecular flexibility index (Phi) is 4.05. The van der Waals surface area contributed by atoms with Gasteiger partial charge in [-0.2, -0.15) is 0 Å². The van der Waals surface area contributed by atoms with E-state index in [1.54, 1.807) is 5.38 Å². The van der Waals surface area contributed by atoms with Crippen molar-refractivity contribution in [1.82, 2.24) is 4.98 Å². The Hall–Kier alpha value is -1.93. The van der Waals surface area contributed by atoms with Crippen LogP contribution in [0.5, 0.6) is 0 Å². The van der Waals surface area contributed by atoms with Gasteiger partial charge in [0.15, 0.2) is 15.0 Å². The third-order valence-electron chi connectivity index (χ3n) is 2.41. The molecule has 1 amide bonds. The van der Waals surface area contributed by atoms with E-state index in [1.165, 1.54) is 42.5 Å². The predicted octanol–water partition coefficient (Wildman–Crippen LogP) is 1.66. The van der Waals surface area contributed by atoms with E-state index in [4.69, 9.17) is 5.73 Å². The maximum Gasteiger partial charge on any atom is 0.223 e. The molecule has 1 aromatic carbocycles. The molecule has 0 aliphatic carbocycles. The Morgan fingerprint density at radius 1 is 1.35 bits per heavy atom. The van der Waals surface area contributed by atoms with Crippen LogP contribution in [0.4, 0.5) is 10.8 Å². The fraction of sp³-hybridized carbons (Fsp3) is 0.167. The molecule has 6 nitrogen and oxygen atoms in total. The summed E-state index contributed by atoms with van der Waals surface area (Å²) in [4.78, 5) is 15.1. The lowest BCUT2D eigenvalue weighted by atomic mass is 10.3. The molecule has 0 saturated carbocycles. The van der Waals surface area contributed by atoms with Crippen molar-refractivity contribution >= 4 is 37.9 Å². The zero-order chi connectivity index (χ0) is 14.8. The molecule has 0 fully saturated rings. The van der Waals surface area contributed by atoms with Gasteiger partial charge in [-0.3, -0.25) is 4.79 Å². The molecule has 0 aliphatic rings. The van der Waals surface area contributed by atoms with Gasteiger partial charge in [0.1, 0.15) is 0 Å². The zero-order valence-corrected chi connectivity index (χ0v) is 12.3. The Bertz CT molecular complexity index is 721. The maximum absolute atomic E-state index is 12.2. The van der Waals surface area contributed by atoms with Crippen molar-refractivity contribution in [2.24, 2.45) is 0 Å². The van der Waals surface area contributed by atoms with Crippen LogP contribution in [-0.2, 0) is 20.4 Å². The van der Waals surface area contributed by atoms with Gasteiger partial charge in [-0.15, -0.1) is 11.3 Å². The molecule has 2 rings (SSSR count). The van der Waals surface area contributed by atoms with Crippen LogP contribution in [0.3, 0.4) is 0 Å². The van der Waals surface area contributed by atoms with Gasteiger partial charge in [0.2, 0.25) is 5.91 Å². The van der Waals surface area contributed by atoms with Crippen LogP contribution in [0, 0.1) is 0 Å². The van der Waals surface area contributed by atoms with Crippen molar-refractivity contribution in [3.05, 3.63) is 35.3 Å². The zero-order valence-electron chi connectivity index (χ0n) is 10.7. The molecular formula is C12H13N3O3S2. The highest BCUT2D eigenvalue weighted by atomic mass is 32.2. The van der Waals surface area contributed by atoms with Gasteiger partial charge in [0.05, 0.1) is 16.3 Å². The minimum Gasteiger partial charge on any atom is -0.399 e. The van der Waals surface area contributed by atoms with Crippen LogP contribution in [0.25, 0.3) is 0 Å². The number of amides is 1. The standard InChI is InChI=1S/C12H13N3O3S2/c1-8(16)14-12-15-10(6-19-12)7-20(17,18)11-4-2-9(13)3-5-11/h2-6H,7,13H2,1H3,(H,14,15,16). The molecule has 0 atom stereocenters. The summed E-state index contributed by atoms with van der Waals surface area (Å²) in [5, 5.41) is 4.52. The summed E-state index contributed by atoms with van der Waals surface area (Å²) in [7, 11) is -3.47. The summed E-state index contributed by atoms with van der Waals surface area (Å²) >= 11 is 1.19. The summed E-state index contributed by atoms with van der Waals surface area (Å²) in [5.41, 5.74) is 6.43. The smallest absolute Gasteiger partial charge is 0.223 e. The van der Waals surface area contributed by atoms with Crippen molar-refractivity contribution < 1.29 is 13.2 Å². The molecule has 3 N–H and O–H groups in total. The van der Waals surface area contributed by atoms with Gasteiger partial charge >= 0.3 is 0 Å². The quantitative estimate of drug-likeness (QED) is 0.836. The number of carbonyl (C=O) groups is 1. The second-order valence-electron chi connectivity index (χ2n) is 4.15. The van der Waals surface area contributed by atoms with Gasteiger partial charge in [-0.1, -0.05) is 0 Å². The van der Waals surface area contributed by atoms with Crippen LogP contribution >= 0.6 is 11.3 Å². The number of hydrogen-bond acceptors (Lipinski definition) is 6. The van der Waals surface area contributed by atoms with Crippen LogP contribution in [0.2, 0.25) is 0 Å². The molecule has 1 aromatic heterocycles. The molecular weight excluding hydrogens is 298 g/mol. The van der Waals surface area contributed by atoms with Crippen LogP contribution in [0.15, 0.2) is 34.5 Å². The number of sulfone groups is 1. The van der Waals surface area contributed by atoms with E-state index in [2.05, 4.69) is 10.3 Å². The highest BCUT2D eigenvalue weighted by Crippen LogP contribution is 2.21. The summed E-state index contributed by atoms with van der Waals surface area (Å²) < 4.78 is 24.4. The number of carbonyl (C=O) groups excluding carboxylic acids is 1. The highest BCUT2D eigenvalue weighted by Gasteiger charge is 2.17. The first kappa shape index (κ1) is 14.5. The number of nitrogens with zero attached hydrogens (tertiary/aromatic N) is 1. The molecule has 0 bridgehead atoms. The lowest BCUT2D eigenvalue weighted by Crippen LogP contribution is -2.07. The van der Waals surface area contributed by atoms with Gasteiger partial charge in [0.25, 0.3) is 0 Å². The van der Waals surface area contributed by atoms with Crippen molar-refractivity contribution in [3.8, 4) is 0 Å². The number of rotatable bonds is 4. The number of nitrogens with two attached hydrogens (primary N) is 1. The van der Waals surface area contributed by atoms with Crippen molar-refractivity contribution in [2.45, 2.75) is 17.6 Å². The molecule has 8 heteroatoms. The summed E-state index contributed by atoms with van der Waals surface area (Å²) in [6, 6.07) is 6.00. The summed E-state index contributed by atoms with van der Waals surface area (Å²) in [6.07, 6.45) is 0. The lowest BCUT2D eigenvalue weighted by Gasteiger charge is -2.02. The fourth-order valence-electron chi connectivity index (χ4n) is 1.53. The normalized spacial score (nSPS) is 11.2. The molecule has 2 aromatic rings. The van der Waals surface area contributed by atoms with E-state index >= 15 is 0 Å². The SMILES string of the molecule is CC(=O)Nc1nc(CS(=O)(=O)c2ccc(N)cc2)cs1. The molecule has 0 spiro atoms. The number of nitrogens with one attached hydrogen (secondary N) is 1. The monoisotopic (exact) mass is 311 g/mol. The number of nitrogen functional groups attached to an aromatic ring is 1. The first-order valence-corrected chi connectivity index (χ1v) is 8.20. The molecule has 0 radical (unpaired) electrons. The van der Waals surface area contributed by atoms with E-state index in [0.717, 1.165) is 0 Å². The average Bonchev–Trinajstić information content (AvgIpc) is 2.75. The molecule has 20 heavy (non-hydrogen) atoms. The van der Waals surface area contributed by atoms with E-state index < -0.39 is 9.84 Å². The minimum absolute atomic E-state index is 0.195. The number of benzene rings is 1. The fourth-order valence-corrected chi connectivity index (χ4v) is 3.65. The minimum atomic E-state index is -3.47. The Balaban J connectivity index is 2.18. The van der Waals surface area contributed by atoms with Gasteiger partial charge in [-0.05, 0) is 24.3 Å². The van der Waals surface area contributed by atoms with Crippen molar-refractivity contribution in [1.29, 1.82) is 0 Å². The predicted molar refractivity (Wildman–Crippen MR) is 78.2 cm³/mol. The Morgan fingerprint density at radius 3 is 2.60 bits per heavy atom. The summed E-state index contributed by atoms with van der Waals surface area (Å²) in [5.74, 6) is -0.459. The maximum atomic E-state index is 12.2. The van der Waals surface area contributed by atoms with E-state index in [0.29, 0.717) is 16.5 Å². The number of anilines is 2. The van der Waals surface area contributed by atoms with E-state index in [1.807, 2.05) is 0 Å². The van der Waals surface area contributed by atoms with Crippen molar-refractivity contribution in [2.75, 3.05) is 11.1 Å². The number of thiazole rings is 1. The first-order valence-electron chi connectivity index (χ1n) is 5.67. The first-order chi connectivity index (χ1) is 9.37. The molecule has 0 unspecified atom stereocenters. The third kappa shape index (κ3) is 3.55. The molecule has 1 heterocycles. The van der Waals surface area contributed by atoms with Crippen LogP contribution in [-0.4, -0.2) is 19.3 Å². The largest absolute Gasteiger partial charge is 0.399 e. The Labute approximate surface area is 120 Å². The summed E-state index contributed by atoms with van der Waals surface area (Å²) in [6.45, 7) is 1.37. The van der Waals surface area contributed by atoms with Gasteiger partial charge in [-0.25, -0.2) is 13.4 Å². The molecule has 106 valence electrons. The average molecular weight is 311 g/mol. The van der Waals surface area contributed by atoms with Gasteiger partial charge in [0, 0.05) is 18.0 Å². The molecule has 0 aliphatic heterocycles. The number of aromatic nitrogens is 1. The molecule has 0 saturated heterocycles. The second-order valence-corrected chi connectivity index (χ2v) is 7.00. The lowest BCUT2D eigenvalue weighted by molar-refractivity contribution is -0.114. The van der Waals surface area contributed by atoms with Crippen LogP contribution < -0.4 is 11.1 Å². The van der Waals surface area contributed by atoms with Crippen molar-refractivity contribution in [3.63, 3.8) is 0 Å². The third-order valence-corrected chi connectivity index (χ3v) is 4.88. The second kappa shape index (κ2) is 5.59. The van der Waals surface area contributed by atoms with Crippen LogP contribution in [0.1, 0.15) is 12.6 Å². The van der Waals surface area contributed by atoms with E-state index in [9.17, 15) is 13.2 Å². The Morgan fingerprint density at radius 2 is 2.00 bits per heavy atom. The number of hydrogen-bond donors (Lipinski definition) is 2. The topological polar surface area (TPSA) is 102 Å². The van der Waals surface area contributed by atoms with E-state index in [-0.39, 0.29) is 16.6 Å². The highest BCUT2D eigenvalue weighted by molar-refractivity contribution is 7.90.